The van der Waals surface area contributed by atoms with E-state index in [1.807, 2.05) is 0 Å². The van der Waals surface area contributed by atoms with Crippen LogP contribution in [0.2, 0.25) is 0 Å². The van der Waals surface area contributed by atoms with Crippen molar-refractivity contribution in [2.45, 2.75) is 84.6 Å². The molecule has 0 aromatic heterocycles. The molecule has 0 amide bonds. The van der Waals surface area contributed by atoms with Crippen molar-refractivity contribution in [1.29, 1.82) is 0 Å². The maximum Gasteiger partial charge on any atom is 0.0652 e. The maximum atomic E-state index is 3.54. The molecule has 158 valence electrons. The molecule has 0 fully saturated rings. The van der Waals surface area contributed by atoms with Crippen molar-refractivity contribution >= 4 is 17.1 Å². The number of anilines is 3. The number of fused-ring (bicyclic) bond motifs is 1. The highest BCUT2D eigenvalue weighted by molar-refractivity contribution is 5.79. The molecule has 1 unspecified atom stereocenters. The lowest BCUT2D eigenvalue weighted by Gasteiger charge is -2.44. The van der Waals surface area contributed by atoms with Gasteiger partial charge in [0.05, 0.1) is 11.4 Å². The molecule has 0 bridgehead atoms. The Morgan fingerprint density at radius 3 is 1.97 bits per heavy atom. The predicted octanol–water partition coefficient (Wildman–Crippen LogP) is 7.65. The van der Waals surface area contributed by atoms with Crippen LogP contribution >= 0.6 is 0 Å². The molecule has 2 heteroatoms. The van der Waals surface area contributed by atoms with Crippen LogP contribution in [0.5, 0.6) is 0 Å². The molecule has 0 heterocycles. The van der Waals surface area contributed by atoms with Crippen molar-refractivity contribution in [3.63, 3.8) is 0 Å². The number of nitrogens with one attached hydrogen (secondary N) is 1. The minimum atomic E-state index is 0.202. The third-order valence-corrected chi connectivity index (χ3v) is 7.05. The van der Waals surface area contributed by atoms with E-state index < -0.39 is 0 Å². The summed E-state index contributed by atoms with van der Waals surface area (Å²) in [7, 11) is 2.06. The minimum Gasteiger partial charge on any atom is -0.386 e. The fourth-order valence-corrected chi connectivity index (χ4v) is 5.05. The first-order valence-electron chi connectivity index (χ1n) is 11.3. The third kappa shape index (κ3) is 4.04. The Balaban J connectivity index is 2.28. The molecule has 0 saturated heterocycles. The zero-order chi connectivity index (χ0) is 21.4. The van der Waals surface area contributed by atoms with Crippen molar-refractivity contribution in [3.8, 4) is 0 Å². The number of benzene rings is 2. The van der Waals surface area contributed by atoms with Crippen LogP contribution in [0.25, 0.3) is 0 Å². The molecule has 0 saturated carbocycles. The Morgan fingerprint density at radius 2 is 1.48 bits per heavy atom. The molecular weight excluding hydrogens is 352 g/mol. The molecule has 1 N–H and O–H groups in total. The van der Waals surface area contributed by atoms with E-state index in [0.717, 1.165) is 6.42 Å². The number of nitrogens with zero attached hydrogens (tertiary/aromatic N) is 1. The summed E-state index contributed by atoms with van der Waals surface area (Å²) in [5.41, 5.74) is 7.26. The van der Waals surface area contributed by atoms with Gasteiger partial charge in [0.1, 0.15) is 0 Å². The van der Waals surface area contributed by atoms with Crippen molar-refractivity contribution in [2.75, 3.05) is 17.3 Å². The largest absolute Gasteiger partial charge is 0.386 e. The summed E-state index contributed by atoms with van der Waals surface area (Å²) in [6.07, 6.45) is 3.58. The summed E-state index contributed by atoms with van der Waals surface area (Å²) in [6.45, 7) is 16.6. The van der Waals surface area contributed by atoms with Crippen LogP contribution < -0.4 is 10.2 Å². The number of para-hydroxylation sites is 1. The maximum absolute atomic E-state index is 3.54. The lowest BCUT2D eigenvalue weighted by atomic mass is 9.63. The quantitative estimate of drug-likeness (QED) is 0.543. The molecule has 1 atom stereocenters. The smallest absolute Gasteiger partial charge is 0.0652 e. The molecule has 2 nitrogen and oxygen atoms in total. The van der Waals surface area contributed by atoms with Crippen molar-refractivity contribution in [2.24, 2.45) is 5.92 Å². The van der Waals surface area contributed by atoms with Gasteiger partial charge in [-0.15, -0.1) is 0 Å². The second-order valence-corrected chi connectivity index (χ2v) is 10.4. The Morgan fingerprint density at radius 1 is 0.931 bits per heavy atom. The van der Waals surface area contributed by atoms with Gasteiger partial charge in [-0.25, -0.2) is 0 Å². The van der Waals surface area contributed by atoms with Crippen molar-refractivity contribution < 1.29 is 0 Å². The van der Waals surface area contributed by atoms with E-state index in [9.17, 15) is 0 Å². The highest BCUT2D eigenvalue weighted by Crippen LogP contribution is 2.50. The van der Waals surface area contributed by atoms with Crippen molar-refractivity contribution in [3.05, 3.63) is 53.6 Å². The van der Waals surface area contributed by atoms with Gasteiger partial charge in [-0.3, -0.25) is 0 Å². The first-order chi connectivity index (χ1) is 13.6. The van der Waals surface area contributed by atoms with Gasteiger partial charge in [-0.05, 0) is 71.4 Å². The molecule has 0 radical (unpaired) electrons. The summed E-state index contributed by atoms with van der Waals surface area (Å²) >= 11 is 0. The van der Waals surface area contributed by atoms with Crippen LogP contribution in [-0.2, 0) is 10.8 Å². The monoisotopic (exact) mass is 392 g/mol. The molecule has 0 aliphatic heterocycles. The van der Waals surface area contributed by atoms with E-state index in [1.54, 1.807) is 0 Å². The normalized spacial score (nSPS) is 18.2. The van der Waals surface area contributed by atoms with Gasteiger partial charge in [0.25, 0.3) is 0 Å². The van der Waals surface area contributed by atoms with Crippen LogP contribution in [0.15, 0.2) is 42.5 Å². The first kappa shape index (κ1) is 21.7. The van der Waals surface area contributed by atoms with E-state index in [-0.39, 0.29) is 10.8 Å². The average molecular weight is 393 g/mol. The summed E-state index contributed by atoms with van der Waals surface area (Å²) in [5.74, 6) is 0.561. The molecule has 0 spiro atoms. The lowest BCUT2D eigenvalue weighted by molar-refractivity contribution is 0.332. The molecule has 2 aromatic carbocycles. The zero-order valence-electron chi connectivity index (χ0n) is 19.8. The van der Waals surface area contributed by atoms with Gasteiger partial charge in [0.15, 0.2) is 0 Å². The van der Waals surface area contributed by atoms with Gasteiger partial charge in [0, 0.05) is 18.8 Å². The summed E-state index contributed by atoms with van der Waals surface area (Å²) in [6, 6.07) is 16.3. The second-order valence-electron chi connectivity index (χ2n) is 10.4. The van der Waals surface area contributed by atoms with Gasteiger partial charge >= 0.3 is 0 Å². The van der Waals surface area contributed by atoms with Crippen LogP contribution in [0.3, 0.4) is 0 Å². The Bertz CT molecular complexity index is 833. The van der Waals surface area contributed by atoms with E-state index in [0.29, 0.717) is 12.0 Å². The van der Waals surface area contributed by atoms with E-state index in [4.69, 9.17) is 0 Å². The Hall–Kier alpha value is -1.96. The molecule has 1 aliphatic carbocycles. The lowest BCUT2D eigenvalue weighted by Crippen LogP contribution is -2.37. The summed E-state index contributed by atoms with van der Waals surface area (Å²) in [4.78, 5) is 2.58. The fraction of sp³-hybridized carbons (Fsp3) is 0.556. The number of hydrogen-bond donors (Lipinski definition) is 1. The highest BCUT2D eigenvalue weighted by atomic mass is 15.2. The SMILES string of the molecule is CCC(C(C)C)N(c1ccccc1)c1cc2c(cc1NC)C(C)(C)CCC2(C)C. The van der Waals surface area contributed by atoms with Gasteiger partial charge in [-0.2, -0.15) is 0 Å². The minimum absolute atomic E-state index is 0.202. The first-order valence-corrected chi connectivity index (χ1v) is 11.3. The van der Waals surface area contributed by atoms with E-state index >= 15 is 0 Å². The molecule has 1 aliphatic rings. The molecule has 3 rings (SSSR count). The Kier molecular flexibility index (Phi) is 6.03. The second kappa shape index (κ2) is 8.05. The van der Waals surface area contributed by atoms with Gasteiger partial charge < -0.3 is 10.2 Å². The van der Waals surface area contributed by atoms with Crippen molar-refractivity contribution in [1.82, 2.24) is 0 Å². The fourth-order valence-electron chi connectivity index (χ4n) is 5.05. The topological polar surface area (TPSA) is 15.3 Å². The highest BCUT2D eigenvalue weighted by Gasteiger charge is 2.38. The van der Waals surface area contributed by atoms with Crippen LogP contribution in [0, 0.1) is 5.92 Å². The summed E-state index contributed by atoms with van der Waals surface area (Å²) < 4.78 is 0. The van der Waals surface area contributed by atoms with Gasteiger partial charge in [-0.1, -0.05) is 66.7 Å². The standard InChI is InChI=1S/C27H40N2/c1-9-24(19(2)3)29(20-13-11-10-12-14-20)25-18-22-21(17-23(25)28-8)26(4,5)15-16-27(22,6)7/h10-14,17-19,24,28H,9,15-16H2,1-8H3. The predicted molar refractivity (Wildman–Crippen MR) is 129 cm³/mol. The van der Waals surface area contributed by atoms with E-state index in [2.05, 4.69) is 108 Å². The number of rotatable bonds is 6. The zero-order valence-corrected chi connectivity index (χ0v) is 19.8. The average Bonchev–Trinajstić information content (AvgIpc) is 2.69. The van der Waals surface area contributed by atoms with Gasteiger partial charge in [0.2, 0.25) is 0 Å². The van der Waals surface area contributed by atoms with Crippen LogP contribution in [0.1, 0.15) is 78.9 Å². The molecular formula is C27H40N2. The molecule has 2 aromatic rings. The molecule has 29 heavy (non-hydrogen) atoms. The third-order valence-electron chi connectivity index (χ3n) is 7.05. The Labute approximate surface area is 178 Å². The summed E-state index contributed by atoms with van der Waals surface area (Å²) in [5, 5.41) is 3.54. The number of hydrogen-bond acceptors (Lipinski definition) is 2. The van der Waals surface area contributed by atoms with Crippen LogP contribution in [0.4, 0.5) is 17.1 Å². The van der Waals surface area contributed by atoms with Crippen LogP contribution in [-0.4, -0.2) is 13.1 Å². The van der Waals surface area contributed by atoms with E-state index in [1.165, 1.54) is 41.0 Å².